The Kier molecular flexibility index (Phi) is 5.41. The van der Waals surface area contributed by atoms with Crippen molar-refractivity contribution in [3.8, 4) is 0 Å². The molecular formula is C7H7ClN2. The predicted octanol–water partition coefficient (Wildman–Crippen LogP) is 2.46. The average molecular weight is 155 g/mol. The summed E-state index contributed by atoms with van der Waals surface area (Å²) in [6.45, 7) is 0. The molecule has 0 aliphatic rings. The van der Waals surface area contributed by atoms with E-state index in [0.717, 1.165) is 0 Å². The number of rotatable bonds is 1. The van der Waals surface area contributed by atoms with Crippen molar-refractivity contribution >= 4 is 11.6 Å². The zero-order valence-corrected chi connectivity index (χ0v) is 6.12. The highest BCUT2D eigenvalue weighted by atomic mass is 35.5. The molecule has 0 aliphatic carbocycles. The number of benzene rings is 1. The maximum atomic E-state index is 6.00. The van der Waals surface area contributed by atoms with Gasteiger partial charge in [-0.25, -0.2) is 0 Å². The molecule has 52 valence electrons. The van der Waals surface area contributed by atoms with Gasteiger partial charge in [0.05, 0.1) is 0 Å². The lowest BCUT2D eigenvalue weighted by atomic mass is 10.2. The van der Waals surface area contributed by atoms with Gasteiger partial charge in [0.15, 0.2) is 0 Å². The topological polar surface area (TPSA) is 47.6 Å². The summed E-state index contributed by atoms with van der Waals surface area (Å²) in [5.74, 6) is 0.612. The molecule has 1 aromatic carbocycles. The summed E-state index contributed by atoms with van der Waals surface area (Å²) < 4.78 is 0. The molecule has 0 bridgehead atoms. The monoisotopic (exact) mass is 154 g/mol. The summed E-state index contributed by atoms with van der Waals surface area (Å²) in [5, 5.41) is 12.0. The lowest BCUT2D eigenvalue weighted by molar-refractivity contribution is 1.15. The first-order valence-corrected chi connectivity index (χ1v) is 3.27. The first kappa shape index (κ1) is 8.93. The van der Waals surface area contributed by atoms with Crippen molar-refractivity contribution < 1.29 is 0 Å². The van der Waals surface area contributed by atoms with E-state index in [4.69, 9.17) is 22.4 Å². The Hall–Kier alpha value is -1.07. The van der Waals surface area contributed by atoms with Crippen molar-refractivity contribution in [2.75, 3.05) is 0 Å². The van der Waals surface area contributed by atoms with Crippen LogP contribution < -0.4 is 0 Å². The van der Waals surface area contributed by atoms with Crippen LogP contribution in [0.25, 0.3) is 0 Å². The van der Waals surface area contributed by atoms with E-state index in [1.165, 1.54) is 5.56 Å². The lowest BCUT2D eigenvalue weighted by Gasteiger charge is -1.88. The summed E-state index contributed by atoms with van der Waals surface area (Å²) >= 11 is 5.53. The van der Waals surface area contributed by atoms with E-state index in [0.29, 0.717) is 5.88 Å². The minimum absolute atomic E-state index is 0.612. The minimum atomic E-state index is 0.612. The highest BCUT2D eigenvalue weighted by Gasteiger charge is 1.81. The van der Waals surface area contributed by atoms with Crippen LogP contribution in [0.3, 0.4) is 0 Å². The van der Waals surface area contributed by atoms with Crippen molar-refractivity contribution in [3.63, 3.8) is 0 Å². The second-order valence-electron chi connectivity index (χ2n) is 1.62. The van der Waals surface area contributed by atoms with Crippen LogP contribution in [-0.2, 0) is 5.88 Å². The van der Waals surface area contributed by atoms with Crippen LogP contribution in [0.5, 0.6) is 0 Å². The Labute approximate surface area is 64.9 Å². The third-order valence-corrected chi connectivity index (χ3v) is 1.31. The molecule has 0 radical (unpaired) electrons. The number of halogens is 1. The van der Waals surface area contributed by atoms with Gasteiger partial charge in [-0.1, -0.05) is 30.3 Å². The Morgan fingerprint density at radius 1 is 1.10 bits per heavy atom. The van der Waals surface area contributed by atoms with Gasteiger partial charge in [-0.05, 0) is 5.56 Å². The van der Waals surface area contributed by atoms with Crippen molar-refractivity contribution in [1.29, 1.82) is 10.8 Å². The standard InChI is InChI=1S/C7H7Cl.N2/c8-6-7-4-2-1-3-5-7;1-2/h1-5H,6H2;. The molecule has 0 heterocycles. The molecule has 0 aliphatic heterocycles. The van der Waals surface area contributed by atoms with E-state index in [1.807, 2.05) is 30.3 Å². The van der Waals surface area contributed by atoms with Crippen LogP contribution >= 0.6 is 11.6 Å². The van der Waals surface area contributed by atoms with Crippen molar-refractivity contribution in [2.45, 2.75) is 5.88 Å². The maximum absolute atomic E-state index is 6.00. The molecule has 0 unspecified atom stereocenters. The molecule has 1 aromatic rings. The van der Waals surface area contributed by atoms with E-state index >= 15 is 0 Å². The van der Waals surface area contributed by atoms with Crippen molar-refractivity contribution in [3.05, 3.63) is 35.9 Å². The molecule has 0 N–H and O–H groups in total. The summed E-state index contributed by atoms with van der Waals surface area (Å²) in [6.07, 6.45) is 0. The highest BCUT2D eigenvalue weighted by Crippen LogP contribution is 2.00. The zero-order valence-electron chi connectivity index (χ0n) is 5.37. The van der Waals surface area contributed by atoms with Gasteiger partial charge >= 0.3 is 0 Å². The van der Waals surface area contributed by atoms with Crippen LogP contribution in [0.1, 0.15) is 5.56 Å². The summed E-state index contributed by atoms with van der Waals surface area (Å²) in [7, 11) is 0. The molecule has 0 spiro atoms. The largest absolute Gasteiger partial charge is 0.122 e. The van der Waals surface area contributed by atoms with Crippen LogP contribution in [0.2, 0.25) is 0 Å². The van der Waals surface area contributed by atoms with Gasteiger partial charge < -0.3 is 0 Å². The van der Waals surface area contributed by atoms with Crippen molar-refractivity contribution in [2.24, 2.45) is 0 Å². The normalized spacial score (nSPS) is 7.50. The molecule has 0 atom stereocenters. The lowest BCUT2D eigenvalue weighted by Crippen LogP contribution is -1.71. The number of hydrogen-bond donors (Lipinski definition) is 0. The fraction of sp³-hybridized carbons (Fsp3) is 0.143. The first-order valence-electron chi connectivity index (χ1n) is 2.73. The molecule has 0 saturated heterocycles. The summed E-state index contributed by atoms with van der Waals surface area (Å²) in [4.78, 5) is 0. The quantitative estimate of drug-likeness (QED) is 0.461. The number of alkyl halides is 1. The summed E-state index contributed by atoms with van der Waals surface area (Å²) in [5.41, 5.74) is 1.18. The van der Waals surface area contributed by atoms with Crippen LogP contribution in [0, 0.1) is 10.8 Å². The van der Waals surface area contributed by atoms with Gasteiger partial charge in [-0.2, -0.15) is 0 Å². The molecule has 0 fully saturated rings. The van der Waals surface area contributed by atoms with Gasteiger partial charge in [0.2, 0.25) is 0 Å². The molecule has 1 rings (SSSR count). The molecule has 0 aromatic heterocycles. The van der Waals surface area contributed by atoms with E-state index < -0.39 is 0 Å². The van der Waals surface area contributed by atoms with Crippen molar-refractivity contribution in [1.82, 2.24) is 0 Å². The maximum Gasteiger partial charge on any atom is 0.0474 e. The first-order chi connectivity index (χ1) is 4.93. The van der Waals surface area contributed by atoms with E-state index in [1.54, 1.807) is 0 Å². The molecule has 0 saturated carbocycles. The smallest absolute Gasteiger partial charge is 0.0474 e. The molecule has 10 heavy (non-hydrogen) atoms. The van der Waals surface area contributed by atoms with Crippen LogP contribution in [0.15, 0.2) is 30.3 Å². The minimum Gasteiger partial charge on any atom is -0.122 e. The SMILES string of the molecule is ClCc1ccccc1.N#N. The molecule has 3 heteroatoms. The fourth-order valence-corrected chi connectivity index (χ4v) is 0.745. The third kappa shape index (κ3) is 3.06. The predicted molar refractivity (Wildman–Crippen MR) is 39.4 cm³/mol. The van der Waals surface area contributed by atoms with Gasteiger partial charge in [0.25, 0.3) is 0 Å². The summed E-state index contributed by atoms with van der Waals surface area (Å²) in [6, 6.07) is 9.96. The molecule has 0 amide bonds. The Morgan fingerprint density at radius 2 is 1.60 bits per heavy atom. The third-order valence-electron chi connectivity index (χ3n) is 0.997. The Balaban J connectivity index is 0.000000371. The Bertz CT molecular complexity index is 183. The van der Waals surface area contributed by atoms with Gasteiger partial charge in [0.1, 0.15) is 0 Å². The van der Waals surface area contributed by atoms with Gasteiger partial charge in [-0.3, -0.25) is 0 Å². The number of nitrogens with zero attached hydrogens (tertiary/aromatic N) is 2. The number of hydrogen-bond acceptors (Lipinski definition) is 2. The van der Waals surface area contributed by atoms with Crippen LogP contribution in [-0.4, -0.2) is 0 Å². The second kappa shape index (κ2) is 6.06. The van der Waals surface area contributed by atoms with E-state index in [2.05, 4.69) is 0 Å². The van der Waals surface area contributed by atoms with Crippen LogP contribution in [0.4, 0.5) is 0 Å². The highest BCUT2D eigenvalue weighted by molar-refractivity contribution is 6.17. The molecule has 2 nitrogen and oxygen atoms in total. The van der Waals surface area contributed by atoms with Gasteiger partial charge in [0, 0.05) is 16.7 Å². The van der Waals surface area contributed by atoms with E-state index in [9.17, 15) is 0 Å². The Morgan fingerprint density at radius 3 is 1.90 bits per heavy atom. The van der Waals surface area contributed by atoms with E-state index in [-0.39, 0.29) is 0 Å². The average Bonchev–Trinajstić information content (AvgIpc) is 2.10. The van der Waals surface area contributed by atoms with Gasteiger partial charge in [-0.15, -0.1) is 11.6 Å². The second-order valence-corrected chi connectivity index (χ2v) is 1.89. The fourth-order valence-electron chi connectivity index (χ4n) is 0.567. The molecular weight excluding hydrogens is 148 g/mol. The zero-order chi connectivity index (χ0) is 7.82.